The standard InChI is InChI=1S/C11H17N3/c1-7(12)10-6-13-11(14-8(10)2)5-9-3-4-9/h6-7,9H,3-5,12H2,1-2H3/t7-/m1/s1. The Morgan fingerprint density at radius 2 is 2.29 bits per heavy atom. The second kappa shape index (κ2) is 3.65. The van der Waals surface area contributed by atoms with Crippen molar-refractivity contribution in [2.24, 2.45) is 11.7 Å². The molecule has 14 heavy (non-hydrogen) atoms. The van der Waals surface area contributed by atoms with Crippen molar-refractivity contribution in [2.75, 3.05) is 0 Å². The molecule has 1 heterocycles. The number of rotatable bonds is 3. The van der Waals surface area contributed by atoms with Gasteiger partial charge in [0.1, 0.15) is 5.82 Å². The van der Waals surface area contributed by atoms with Gasteiger partial charge in [0.15, 0.2) is 0 Å². The Hall–Kier alpha value is -0.960. The first-order valence-electron chi connectivity index (χ1n) is 5.25. The van der Waals surface area contributed by atoms with E-state index in [1.807, 2.05) is 20.0 Å². The Kier molecular flexibility index (Phi) is 2.50. The zero-order valence-electron chi connectivity index (χ0n) is 8.83. The van der Waals surface area contributed by atoms with Crippen molar-refractivity contribution >= 4 is 0 Å². The van der Waals surface area contributed by atoms with Crippen LogP contribution in [-0.4, -0.2) is 9.97 Å². The van der Waals surface area contributed by atoms with Crippen LogP contribution in [0.5, 0.6) is 0 Å². The summed E-state index contributed by atoms with van der Waals surface area (Å²) in [7, 11) is 0. The van der Waals surface area contributed by atoms with Gasteiger partial charge in [-0.15, -0.1) is 0 Å². The molecule has 0 aliphatic heterocycles. The second-order valence-corrected chi connectivity index (χ2v) is 4.26. The van der Waals surface area contributed by atoms with Crippen molar-refractivity contribution in [3.8, 4) is 0 Å². The molecule has 1 aliphatic rings. The van der Waals surface area contributed by atoms with E-state index in [4.69, 9.17) is 5.73 Å². The first-order valence-corrected chi connectivity index (χ1v) is 5.25. The molecule has 0 spiro atoms. The minimum atomic E-state index is 0.0324. The molecule has 3 nitrogen and oxygen atoms in total. The molecular weight excluding hydrogens is 174 g/mol. The zero-order chi connectivity index (χ0) is 10.1. The van der Waals surface area contributed by atoms with Crippen molar-refractivity contribution < 1.29 is 0 Å². The highest BCUT2D eigenvalue weighted by molar-refractivity contribution is 5.19. The number of aryl methyl sites for hydroxylation is 1. The highest BCUT2D eigenvalue weighted by Gasteiger charge is 2.23. The van der Waals surface area contributed by atoms with Gasteiger partial charge in [0.25, 0.3) is 0 Å². The maximum Gasteiger partial charge on any atom is 0.128 e. The lowest BCUT2D eigenvalue weighted by molar-refractivity contribution is 0.734. The predicted octanol–water partition coefficient (Wildman–Crippen LogP) is 1.76. The van der Waals surface area contributed by atoms with Crippen molar-refractivity contribution in [1.82, 2.24) is 9.97 Å². The van der Waals surface area contributed by atoms with Gasteiger partial charge in [-0.05, 0) is 32.6 Å². The summed E-state index contributed by atoms with van der Waals surface area (Å²) in [4.78, 5) is 8.83. The largest absolute Gasteiger partial charge is 0.324 e. The monoisotopic (exact) mass is 191 g/mol. The van der Waals surface area contributed by atoms with Gasteiger partial charge in [0, 0.05) is 29.9 Å². The lowest BCUT2D eigenvalue weighted by Crippen LogP contribution is -2.10. The van der Waals surface area contributed by atoms with Crippen LogP contribution < -0.4 is 5.73 Å². The maximum atomic E-state index is 5.80. The lowest BCUT2D eigenvalue weighted by Gasteiger charge is -2.09. The van der Waals surface area contributed by atoms with E-state index in [0.717, 1.165) is 29.4 Å². The van der Waals surface area contributed by atoms with Crippen LogP contribution in [0.25, 0.3) is 0 Å². The molecule has 1 saturated carbocycles. The van der Waals surface area contributed by atoms with Crippen LogP contribution in [0.1, 0.15) is 42.9 Å². The molecule has 76 valence electrons. The summed E-state index contributed by atoms with van der Waals surface area (Å²) in [5.41, 5.74) is 7.89. The van der Waals surface area contributed by atoms with Gasteiger partial charge < -0.3 is 5.73 Å². The van der Waals surface area contributed by atoms with Crippen LogP contribution in [-0.2, 0) is 6.42 Å². The summed E-state index contributed by atoms with van der Waals surface area (Å²) >= 11 is 0. The minimum absolute atomic E-state index is 0.0324. The molecule has 0 radical (unpaired) electrons. The molecule has 0 unspecified atom stereocenters. The highest BCUT2D eigenvalue weighted by atomic mass is 14.9. The zero-order valence-corrected chi connectivity index (χ0v) is 8.83. The summed E-state index contributed by atoms with van der Waals surface area (Å²) in [6.07, 6.45) is 5.61. The Balaban J connectivity index is 2.16. The van der Waals surface area contributed by atoms with Crippen LogP contribution in [0.15, 0.2) is 6.20 Å². The van der Waals surface area contributed by atoms with Crippen LogP contribution in [0.4, 0.5) is 0 Å². The van der Waals surface area contributed by atoms with Gasteiger partial charge in [0.2, 0.25) is 0 Å². The third-order valence-corrected chi connectivity index (χ3v) is 2.73. The molecule has 0 bridgehead atoms. The van der Waals surface area contributed by atoms with Gasteiger partial charge >= 0.3 is 0 Å². The molecular formula is C11H17N3. The van der Waals surface area contributed by atoms with Crippen LogP contribution >= 0.6 is 0 Å². The van der Waals surface area contributed by atoms with Crippen molar-refractivity contribution in [3.63, 3.8) is 0 Å². The van der Waals surface area contributed by atoms with E-state index in [9.17, 15) is 0 Å². The predicted molar refractivity (Wildman–Crippen MR) is 55.8 cm³/mol. The molecule has 2 N–H and O–H groups in total. The molecule has 2 rings (SSSR count). The number of aromatic nitrogens is 2. The first-order chi connectivity index (χ1) is 6.66. The minimum Gasteiger partial charge on any atom is -0.324 e. The second-order valence-electron chi connectivity index (χ2n) is 4.26. The molecule has 0 aromatic carbocycles. The van der Waals surface area contributed by atoms with Crippen LogP contribution in [0, 0.1) is 12.8 Å². The molecule has 1 atom stereocenters. The van der Waals surface area contributed by atoms with E-state index in [1.54, 1.807) is 0 Å². The molecule has 1 aliphatic carbocycles. The van der Waals surface area contributed by atoms with E-state index >= 15 is 0 Å². The fourth-order valence-electron chi connectivity index (χ4n) is 1.65. The summed E-state index contributed by atoms with van der Waals surface area (Å²) < 4.78 is 0. The average Bonchev–Trinajstić information content (AvgIpc) is 2.87. The van der Waals surface area contributed by atoms with E-state index in [0.29, 0.717) is 0 Å². The Morgan fingerprint density at radius 1 is 1.57 bits per heavy atom. The number of nitrogens with zero attached hydrogens (tertiary/aromatic N) is 2. The van der Waals surface area contributed by atoms with Crippen molar-refractivity contribution in [2.45, 2.75) is 39.2 Å². The molecule has 1 aromatic rings. The van der Waals surface area contributed by atoms with E-state index in [2.05, 4.69) is 9.97 Å². The number of hydrogen-bond donors (Lipinski definition) is 1. The normalized spacial score (nSPS) is 18.2. The van der Waals surface area contributed by atoms with Gasteiger partial charge in [0.05, 0.1) is 0 Å². The van der Waals surface area contributed by atoms with Gasteiger partial charge in [-0.25, -0.2) is 9.97 Å². The molecule has 1 aromatic heterocycles. The molecule has 1 fully saturated rings. The SMILES string of the molecule is Cc1nc(CC2CC2)ncc1[C@@H](C)N. The van der Waals surface area contributed by atoms with Gasteiger partial charge in [-0.3, -0.25) is 0 Å². The molecule has 3 heteroatoms. The molecule has 0 saturated heterocycles. The molecule has 0 amide bonds. The van der Waals surface area contributed by atoms with Crippen molar-refractivity contribution in [3.05, 3.63) is 23.3 Å². The Labute approximate surface area is 84.8 Å². The van der Waals surface area contributed by atoms with Crippen molar-refractivity contribution in [1.29, 1.82) is 0 Å². The van der Waals surface area contributed by atoms with E-state index in [-0.39, 0.29) is 6.04 Å². The number of nitrogens with two attached hydrogens (primary N) is 1. The Morgan fingerprint density at radius 3 is 2.79 bits per heavy atom. The van der Waals surface area contributed by atoms with Crippen LogP contribution in [0.2, 0.25) is 0 Å². The summed E-state index contributed by atoms with van der Waals surface area (Å²) in [5, 5.41) is 0. The summed E-state index contributed by atoms with van der Waals surface area (Å²) in [6.45, 7) is 3.98. The lowest BCUT2D eigenvalue weighted by atomic mass is 10.1. The highest BCUT2D eigenvalue weighted by Crippen LogP contribution is 2.31. The Bertz CT molecular complexity index is 329. The third kappa shape index (κ3) is 2.10. The van der Waals surface area contributed by atoms with Crippen LogP contribution in [0.3, 0.4) is 0 Å². The van der Waals surface area contributed by atoms with Gasteiger partial charge in [-0.2, -0.15) is 0 Å². The third-order valence-electron chi connectivity index (χ3n) is 2.73. The smallest absolute Gasteiger partial charge is 0.128 e. The quantitative estimate of drug-likeness (QED) is 0.792. The summed E-state index contributed by atoms with van der Waals surface area (Å²) in [6, 6.07) is 0.0324. The topological polar surface area (TPSA) is 51.8 Å². The first kappa shape index (κ1) is 9.59. The van der Waals surface area contributed by atoms with E-state index < -0.39 is 0 Å². The fraction of sp³-hybridized carbons (Fsp3) is 0.636. The summed E-state index contributed by atoms with van der Waals surface area (Å²) in [5.74, 6) is 1.82. The van der Waals surface area contributed by atoms with Gasteiger partial charge in [-0.1, -0.05) is 0 Å². The maximum absolute atomic E-state index is 5.80. The number of hydrogen-bond acceptors (Lipinski definition) is 3. The average molecular weight is 191 g/mol. The fourth-order valence-corrected chi connectivity index (χ4v) is 1.65. The van der Waals surface area contributed by atoms with E-state index in [1.165, 1.54) is 12.8 Å².